The molecule has 0 saturated carbocycles. The number of alkyl halides is 3. The standard InChI is InChI=1S/C6H8F3NO3/c7-6(8,9)2-1-3-10-4(11)5(12)13/h1-3H2,(H,10,11)(H,12,13). The minimum absolute atomic E-state index is 0.287. The van der Waals surface area contributed by atoms with Crippen LogP contribution >= 0.6 is 0 Å². The molecule has 0 unspecified atom stereocenters. The van der Waals surface area contributed by atoms with Crippen molar-refractivity contribution in [2.75, 3.05) is 6.54 Å². The topological polar surface area (TPSA) is 66.4 Å². The Hall–Kier alpha value is -1.27. The molecule has 0 aliphatic carbocycles. The van der Waals surface area contributed by atoms with Crippen molar-refractivity contribution in [3.63, 3.8) is 0 Å². The molecule has 0 aliphatic rings. The molecule has 1 amide bonds. The van der Waals surface area contributed by atoms with Crippen LogP contribution in [0.2, 0.25) is 0 Å². The van der Waals surface area contributed by atoms with Crippen molar-refractivity contribution in [3.8, 4) is 0 Å². The Bertz CT molecular complexity index is 202. The molecule has 0 aromatic carbocycles. The highest BCUT2D eigenvalue weighted by molar-refractivity contribution is 6.31. The molecule has 0 spiro atoms. The first kappa shape index (κ1) is 11.7. The Balaban J connectivity index is 3.47. The number of hydrogen-bond acceptors (Lipinski definition) is 2. The first-order valence-electron chi connectivity index (χ1n) is 3.41. The third-order valence-electron chi connectivity index (χ3n) is 1.12. The summed E-state index contributed by atoms with van der Waals surface area (Å²) >= 11 is 0. The van der Waals surface area contributed by atoms with Gasteiger partial charge in [0.15, 0.2) is 0 Å². The SMILES string of the molecule is O=C(O)C(=O)NCCCC(F)(F)F. The van der Waals surface area contributed by atoms with Gasteiger partial charge < -0.3 is 10.4 Å². The van der Waals surface area contributed by atoms with Gasteiger partial charge in [0.2, 0.25) is 0 Å². The number of hydrogen-bond donors (Lipinski definition) is 2. The van der Waals surface area contributed by atoms with Gasteiger partial charge in [0, 0.05) is 13.0 Å². The maximum Gasteiger partial charge on any atom is 0.394 e. The molecular weight excluding hydrogens is 191 g/mol. The summed E-state index contributed by atoms with van der Waals surface area (Å²) in [4.78, 5) is 20.1. The van der Waals surface area contributed by atoms with Crippen LogP contribution in [0, 0.1) is 0 Å². The zero-order valence-corrected chi connectivity index (χ0v) is 6.52. The van der Waals surface area contributed by atoms with E-state index in [9.17, 15) is 22.8 Å². The Morgan fingerprint density at radius 3 is 2.23 bits per heavy atom. The van der Waals surface area contributed by atoms with Gasteiger partial charge in [-0.25, -0.2) is 4.79 Å². The number of halogens is 3. The lowest BCUT2D eigenvalue weighted by Gasteiger charge is -2.05. The van der Waals surface area contributed by atoms with Crippen LogP contribution in [-0.4, -0.2) is 29.7 Å². The number of carbonyl (C=O) groups excluding carboxylic acids is 1. The van der Waals surface area contributed by atoms with Crippen molar-refractivity contribution in [2.24, 2.45) is 0 Å². The first-order chi connectivity index (χ1) is 5.83. The Kier molecular flexibility index (Phi) is 4.22. The summed E-state index contributed by atoms with van der Waals surface area (Å²) in [6.45, 7) is -0.287. The van der Waals surface area contributed by atoms with Crippen LogP contribution in [0.4, 0.5) is 13.2 Å². The summed E-state index contributed by atoms with van der Waals surface area (Å²) in [5.41, 5.74) is 0. The zero-order chi connectivity index (χ0) is 10.5. The molecule has 0 rings (SSSR count). The van der Waals surface area contributed by atoms with E-state index in [0.717, 1.165) is 0 Å². The summed E-state index contributed by atoms with van der Waals surface area (Å²) in [5.74, 6) is -2.99. The van der Waals surface area contributed by atoms with Crippen molar-refractivity contribution in [2.45, 2.75) is 19.0 Å². The van der Waals surface area contributed by atoms with Gasteiger partial charge in [-0.1, -0.05) is 0 Å². The third-order valence-corrected chi connectivity index (χ3v) is 1.12. The van der Waals surface area contributed by atoms with Gasteiger partial charge in [0.25, 0.3) is 0 Å². The minimum Gasteiger partial charge on any atom is -0.474 e. The van der Waals surface area contributed by atoms with E-state index in [1.807, 2.05) is 5.32 Å². The van der Waals surface area contributed by atoms with E-state index >= 15 is 0 Å². The van der Waals surface area contributed by atoms with Crippen LogP contribution in [0.3, 0.4) is 0 Å². The number of carboxylic acid groups (broad SMARTS) is 1. The quantitative estimate of drug-likeness (QED) is 0.514. The monoisotopic (exact) mass is 199 g/mol. The number of carboxylic acids is 1. The van der Waals surface area contributed by atoms with Crippen LogP contribution < -0.4 is 5.32 Å². The maximum absolute atomic E-state index is 11.5. The molecule has 0 fully saturated rings. The van der Waals surface area contributed by atoms with E-state index in [4.69, 9.17) is 5.11 Å². The predicted molar refractivity (Wildman–Crippen MR) is 35.9 cm³/mol. The molecular formula is C6H8F3NO3. The summed E-state index contributed by atoms with van der Waals surface area (Å²) in [5, 5.41) is 9.82. The Labute approximate surface area is 71.7 Å². The fourth-order valence-corrected chi connectivity index (χ4v) is 0.566. The van der Waals surface area contributed by atoms with Gasteiger partial charge in [-0.3, -0.25) is 4.79 Å². The van der Waals surface area contributed by atoms with Crippen LogP contribution in [0.5, 0.6) is 0 Å². The zero-order valence-electron chi connectivity index (χ0n) is 6.52. The van der Waals surface area contributed by atoms with E-state index < -0.39 is 24.5 Å². The highest BCUT2D eigenvalue weighted by Crippen LogP contribution is 2.20. The van der Waals surface area contributed by atoms with Crippen molar-refractivity contribution >= 4 is 11.9 Å². The van der Waals surface area contributed by atoms with E-state index in [1.165, 1.54) is 0 Å². The van der Waals surface area contributed by atoms with Gasteiger partial charge in [-0.05, 0) is 6.42 Å². The molecule has 13 heavy (non-hydrogen) atoms. The summed E-state index contributed by atoms with van der Waals surface area (Å²) < 4.78 is 34.5. The molecule has 4 nitrogen and oxygen atoms in total. The first-order valence-corrected chi connectivity index (χ1v) is 3.41. The van der Waals surface area contributed by atoms with Crippen molar-refractivity contribution < 1.29 is 27.9 Å². The fraction of sp³-hybridized carbons (Fsp3) is 0.667. The normalized spacial score (nSPS) is 11.0. The van der Waals surface area contributed by atoms with Crippen molar-refractivity contribution in [1.82, 2.24) is 5.32 Å². The number of nitrogens with one attached hydrogen (secondary N) is 1. The maximum atomic E-state index is 11.5. The summed E-state index contributed by atoms with van der Waals surface area (Å²) in [7, 11) is 0. The van der Waals surface area contributed by atoms with Crippen molar-refractivity contribution in [3.05, 3.63) is 0 Å². The largest absolute Gasteiger partial charge is 0.474 e. The number of rotatable bonds is 3. The smallest absolute Gasteiger partial charge is 0.394 e. The second-order valence-corrected chi connectivity index (χ2v) is 2.28. The van der Waals surface area contributed by atoms with Gasteiger partial charge in [0.1, 0.15) is 0 Å². The lowest BCUT2D eigenvalue weighted by molar-refractivity contribution is -0.150. The van der Waals surface area contributed by atoms with Gasteiger partial charge in [-0.15, -0.1) is 0 Å². The number of carbonyl (C=O) groups is 2. The average molecular weight is 199 g/mol. The molecule has 0 atom stereocenters. The molecule has 0 aliphatic heterocycles. The molecule has 2 N–H and O–H groups in total. The Morgan fingerprint density at radius 1 is 1.31 bits per heavy atom. The summed E-state index contributed by atoms with van der Waals surface area (Å²) in [6.07, 6.45) is -5.62. The molecule has 0 radical (unpaired) electrons. The molecule has 0 saturated heterocycles. The van der Waals surface area contributed by atoms with E-state index in [0.29, 0.717) is 0 Å². The highest BCUT2D eigenvalue weighted by atomic mass is 19.4. The molecule has 0 bridgehead atoms. The average Bonchev–Trinajstić information content (AvgIpc) is 1.95. The van der Waals surface area contributed by atoms with Crippen LogP contribution in [0.1, 0.15) is 12.8 Å². The van der Waals surface area contributed by atoms with Gasteiger partial charge >= 0.3 is 18.1 Å². The molecule has 0 aromatic heterocycles. The van der Waals surface area contributed by atoms with E-state index in [2.05, 4.69) is 0 Å². The second kappa shape index (κ2) is 4.68. The number of aliphatic carboxylic acids is 1. The van der Waals surface area contributed by atoms with Gasteiger partial charge in [0.05, 0.1) is 0 Å². The third kappa shape index (κ3) is 7.10. The Morgan fingerprint density at radius 2 is 1.85 bits per heavy atom. The van der Waals surface area contributed by atoms with E-state index in [1.54, 1.807) is 0 Å². The van der Waals surface area contributed by atoms with Crippen LogP contribution in [-0.2, 0) is 9.59 Å². The lowest BCUT2D eigenvalue weighted by Crippen LogP contribution is -2.31. The molecule has 0 aromatic rings. The van der Waals surface area contributed by atoms with E-state index in [-0.39, 0.29) is 13.0 Å². The molecule has 76 valence electrons. The molecule has 7 heteroatoms. The van der Waals surface area contributed by atoms with Gasteiger partial charge in [-0.2, -0.15) is 13.2 Å². The highest BCUT2D eigenvalue weighted by Gasteiger charge is 2.26. The van der Waals surface area contributed by atoms with Crippen molar-refractivity contribution in [1.29, 1.82) is 0 Å². The molecule has 0 heterocycles. The predicted octanol–water partition coefficient (Wildman–Crippen LogP) is 0.530. The summed E-state index contributed by atoms with van der Waals surface area (Å²) in [6, 6.07) is 0. The fourth-order valence-electron chi connectivity index (χ4n) is 0.566. The van der Waals surface area contributed by atoms with Crippen LogP contribution in [0.25, 0.3) is 0 Å². The number of amides is 1. The minimum atomic E-state index is -4.27. The van der Waals surface area contributed by atoms with Crippen LogP contribution in [0.15, 0.2) is 0 Å². The second-order valence-electron chi connectivity index (χ2n) is 2.28. The lowest BCUT2D eigenvalue weighted by atomic mass is 10.3.